The van der Waals surface area contributed by atoms with Crippen LogP contribution in [0.3, 0.4) is 0 Å². The van der Waals surface area contributed by atoms with Crippen LogP contribution in [0.1, 0.15) is 5.56 Å². The summed E-state index contributed by atoms with van der Waals surface area (Å²) in [6.45, 7) is 5.44. The number of rotatable bonds is 2. The van der Waals surface area contributed by atoms with Crippen LogP contribution in [-0.2, 0) is 11.2 Å². The number of aryl methyl sites for hydroxylation is 1. The van der Waals surface area contributed by atoms with Gasteiger partial charge >= 0.3 is 0 Å². The van der Waals surface area contributed by atoms with Crippen molar-refractivity contribution < 1.29 is 4.55 Å². The number of benzene rings is 1. The van der Waals surface area contributed by atoms with Crippen LogP contribution in [0.5, 0.6) is 0 Å². The molecule has 0 spiro atoms. The summed E-state index contributed by atoms with van der Waals surface area (Å²) in [5, 5.41) is 1.44. The average Bonchev–Trinajstić information content (AvgIpc) is 2.03. The second-order valence-electron chi connectivity index (χ2n) is 2.28. The minimum atomic E-state index is -1.04. The third-order valence-corrected chi connectivity index (χ3v) is 2.39. The molecular formula is C9H10OS. The fourth-order valence-electron chi connectivity index (χ4n) is 0.837. The van der Waals surface area contributed by atoms with E-state index in [1.807, 2.05) is 31.2 Å². The van der Waals surface area contributed by atoms with E-state index < -0.39 is 11.2 Å². The van der Waals surface area contributed by atoms with E-state index in [1.54, 1.807) is 0 Å². The zero-order chi connectivity index (χ0) is 8.27. The highest BCUT2D eigenvalue weighted by atomic mass is 32.2. The molecule has 11 heavy (non-hydrogen) atoms. The zero-order valence-electron chi connectivity index (χ0n) is 6.41. The maximum atomic E-state index is 11.2. The van der Waals surface area contributed by atoms with Crippen LogP contribution in [-0.4, -0.2) is 4.55 Å². The molecule has 0 aliphatic carbocycles. The second-order valence-corrected chi connectivity index (χ2v) is 3.68. The topological polar surface area (TPSA) is 23.1 Å². The van der Waals surface area contributed by atoms with Crippen LogP contribution in [0.4, 0.5) is 0 Å². The lowest BCUT2D eigenvalue weighted by Crippen LogP contribution is -1.95. The summed E-state index contributed by atoms with van der Waals surface area (Å²) in [7, 11) is 0. The standard InChI is InChI=1S/C9H10OS/c1-3-11(10)9-6-4-5-8(2)7-9/h3-7H,1H2,2H3. The van der Waals surface area contributed by atoms with Gasteiger partial charge in [-0.15, -0.1) is 0 Å². The minimum Gasteiger partial charge on any atom is -0.607 e. The van der Waals surface area contributed by atoms with Gasteiger partial charge in [-0.1, -0.05) is 18.7 Å². The second kappa shape index (κ2) is 3.60. The fourth-order valence-corrected chi connectivity index (χ4v) is 1.54. The van der Waals surface area contributed by atoms with E-state index in [4.69, 9.17) is 0 Å². The molecular weight excluding hydrogens is 156 g/mol. The van der Waals surface area contributed by atoms with Gasteiger partial charge in [0, 0.05) is 11.2 Å². The number of hydrogen-bond acceptors (Lipinski definition) is 1. The summed E-state index contributed by atoms with van der Waals surface area (Å²) in [6, 6.07) is 7.61. The van der Waals surface area contributed by atoms with Crippen molar-refractivity contribution in [2.24, 2.45) is 0 Å². The summed E-state index contributed by atoms with van der Waals surface area (Å²) in [5.41, 5.74) is 1.12. The average molecular weight is 166 g/mol. The first-order valence-corrected chi connectivity index (χ1v) is 4.55. The Hall–Kier alpha value is -0.730. The summed E-state index contributed by atoms with van der Waals surface area (Å²) >= 11 is -1.04. The third kappa shape index (κ3) is 2.10. The molecule has 1 atom stereocenters. The molecule has 1 aromatic rings. The van der Waals surface area contributed by atoms with Crippen molar-refractivity contribution in [1.29, 1.82) is 0 Å². The van der Waals surface area contributed by atoms with Crippen molar-refractivity contribution in [3.63, 3.8) is 0 Å². The molecule has 0 fully saturated rings. The van der Waals surface area contributed by atoms with Crippen LogP contribution in [0.2, 0.25) is 0 Å². The van der Waals surface area contributed by atoms with E-state index in [1.165, 1.54) is 5.41 Å². The smallest absolute Gasteiger partial charge is 0.158 e. The molecule has 0 aromatic heterocycles. The molecule has 0 aliphatic rings. The van der Waals surface area contributed by atoms with Gasteiger partial charge in [0.05, 0.1) is 0 Å². The fraction of sp³-hybridized carbons (Fsp3) is 0.111. The van der Waals surface area contributed by atoms with Crippen LogP contribution in [0.15, 0.2) is 41.1 Å². The molecule has 0 saturated carbocycles. The molecule has 0 radical (unpaired) electrons. The van der Waals surface area contributed by atoms with Crippen LogP contribution in [0.25, 0.3) is 0 Å². The molecule has 58 valence electrons. The first-order chi connectivity index (χ1) is 5.24. The van der Waals surface area contributed by atoms with Gasteiger partial charge in [0.15, 0.2) is 4.90 Å². The molecule has 1 unspecified atom stereocenters. The molecule has 1 nitrogen and oxygen atoms in total. The summed E-state index contributed by atoms with van der Waals surface area (Å²) < 4.78 is 11.2. The van der Waals surface area contributed by atoms with E-state index in [0.29, 0.717) is 0 Å². The van der Waals surface area contributed by atoms with Gasteiger partial charge in [0.1, 0.15) is 5.41 Å². The predicted octanol–water partition coefficient (Wildman–Crippen LogP) is 2.25. The molecule has 0 saturated heterocycles. The molecule has 0 amide bonds. The highest BCUT2D eigenvalue weighted by Crippen LogP contribution is 2.12. The van der Waals surface area contributed by atoms with E-state index in [0.717, 1.165) is 10.5 Å². The lowest BCUT2D eigenvalue weighted by molar-refractivity contribution is 0.603. The van der Waals surface area contributed by atoms with E-state index in [2.05, 4.69) is 6.58 Å². The van der Waals surface area contributed by atoms with Gasteiger partial charge in [-0.2, -0.15) is 0 Å². The maximum absolute atomic E-state index is 11.2. The Kier molecular flexibility index (Phi) is 2.74. The Morgan fingerprint density at radius 2 is 2.27 bits per heavy atom. The van der Waals surface area contributed by atoms with Gasteiger partial charge in [0.25, 0.3) is 0 Å². The Morgan fingerprint density at radius 1 is 1.55 bits per heavy atom. The van der Waals surface area contributed by atoms with Gasteiger partial charge in [0.2, 0.25) is 0 Å². The van der Waals surface area contributed by atoms with Crippen molar-refractivity contribution in [3.05, 3.63) is 41.8 Å². The van der Waals surface area contributed by atoms with Gasteiger partial charge < -0.3 is 4.55 Å². The molecule has 0 N–H and O–H groups in total. The predicted molar refractivity (Wildman–Crippen MR) is 47.8 cm³/mol. The van der Waals surface area contributed by atoms with Crippen molar-refractivity contribution in [1.82, 2.24) is 0 Å². The van der Waals surface area contributed by atoms with Gasteiger partial charge in [-0.05, 0) is 24.6 Å². The first-order valence-electron chi connectivity index (χ1n) is 3.34. The molecule has 1 rings (SSSR count). The Bertz CT molecular complexity index is 257. The molecule has 1 aromatic carbocycles. The van der Waals surface area contributed by atoms with Crippen LogP contribution >= 0.6 is 0 Å². The highest BCUT2D eigenvalue weighted by Gasteiger charge is 2.04. The largest absolute Gasteiger partial charge is 0.607 e. The first kappa shape index (κ1) is 8.37. The van der Waals surface area contributed by atoms with Crippen molar-refractivity contribution in [2.45, 2.75) is 11.8 Å². The summed E-state index contributed by atoms with van der Waals surface area (Å²) in [5.74, 6) is 0. The Balaban J connectivity index is 2.95. The highest BCUT2D eigenvalue weighted by molar-refractivity contribution is 7.94. The SMILES string of the molecule is C=C[S+]([O-])c1cccc(C)c1. The lowest BCUT2D eigenvalue weighted by atomic mass is 10.2. The van der Waals surface area contributed by atoms with Gasteiger partial charge in [-0.3, -0.25) is 0 Å². The van der Waals surface area contributed by atoms with Crippen molar-refractivity contribution in [2.75, 3.05) is 0 Å². The van der Waals surface area contributed by atoms with Crippen molar-refractivity contribution >= 4 is 11.2 Å². The third-order valence-electron chi connectivity index (χ3n) is 1.37. The molecule has 0 heterocycles. The monoisotopic (exact) mass is 166 g/mol. The van der Waals surface area contributed by atoms with E-state index in [-0.39, 0.29) is 0 Å². The summed E-state index contributed by atoms with van der Waals surface area (Å²) in [6.07, 6.45) is 0. The quantitative estimate of drug-likeness (QED) is 0.618. The summed E-state index contributed by atoms with van der Waals surface area (Å²) in [4.78, 5) is 0.819. The van der Waals surface area contributed by atoms with Crippen LogP contribution < -0.4 is 0 Å². The van der Waals surface area contributed by atoms with Crippen LogP contribution in [0, 0.1) is 6.92 Å². The normalized spacial score (nSPS) is 12.5. The zero-order valence-corrected chi connectivity index (χ0v) is 7.23. The minimum absolute atomic E-state index is 0.819. The Labute approximate surface area is 69.9 Å². The number of hydrogen-bond donors (Lipinski definition) is 0. The molecule has 0 aliphatic heterocycles. The van der Waals surface area contributed by atoms with E-state index >= 15 is 0 Å². The molecule has 2 heteroatoms. The van der Waals surface area contributed by atoms with E-state index in [9.17, 15) is 4.55 Å². The van der Waals surface area contributed by atoms with Gasteiger partial charge in [-0.25, -0.2) is 0 Å². The van der Waals surface area contributed by atoms with Crippen molar-refractivity contribution in [3.8, 4) is 0 Å². The Morgan fingerprint density at radius 3 is 2.82 bits per heavy atom. The maximum Gasteiger partial charge on any atom is 0.158 e. The lowest BCUT2D eigenvalue weighted by Gasteiger charge is -2.03. The molecule has 0 bridgehead atoms.